The number of aromatic nitrogens is 1. The van der Waals surface area contributed by atoms with Gasteiger partial charge in [-0.15, -0.1) is 11.3 Å². The smallest absolute Gasteiger partial charge is 0.142 e. The van der Waals surface area contributed by atoms with E-state index in [-0.39, 0.29) is 0 Å². The molecule has 0 spiro atoms. The Hall–Kier alpha value is -1.59. The Kier molecular flexibility index (Phi) is 2.93. The zero-order valence-electron chi connectivity index (χ0n) is 10.3. The first-order chi connectivity index (χ1) is 8.79. The van der Waals surface area contributed by atoms with Gasteiger partial charge in [0.15, 0.2) is 0 Å². The summed E-state index contributed by atoms with van der Waals surface area (Å²) in [5, 5.41) is 2.18. The number of thiophene rings is 1. The van der Waals surface area contributed by atoms with E-state index in [9.17, 15) is 0 Å². The predicted octanol–water partition coefficient (Wildman–Crippen LogP) is 2.55. The van der Waals surface area contributed by atoms with Crippen LogP contribution in [-0.2, 0) is 6.42 Å². The van der Waals surface area contributed by atoms with E-state index in [1.807, 2.05) is 29.5 Å². The van der Waals surface area contributed by atoms with E-state index in [0.717, 1.165) is 18.8 Å². The van der Waals surface area contributed by atoms with Crippen LogP contribution in [0.15, 0.2) is 29.6 Å². The van der Waals surface area contributed by atoms with Gasteiger partial charge in [-0.25, -0.2) is 10.8 Å². The summed E-state index contributed by atoms with van der Waals surface area (Å²) < 4.78 is 0. The number of nitrogens with zero attached hydrogens (tertiary/aromatic N) is 2. The van der Waals surface area contributed by atoms with Gasteiger partial charge in [0.2, 0.25) is 0 Å². The van der Waals surface area contributed by atoms with E-state index in [1.54, 1.807) is 0 Å². The summed E-state index contributed by atoms with van der Waals surface area (Å²) in [5.41, 5.74) is 4.03. The highest BCUT2D eigenvalue weighted by Gasteiger charge is 2.25. The van der Waals surface area contributed by atoms with Crippen LogP contribution in [0.3, 0.4) is 0 Å². The number of nitrogens with one attached hydrogen (secondary N) is 1. The third-order valence-corrected chi connectivity index (χ3v) is 4.45. The average molecular weight is 260 g/mol. The number of fused-ring (bicyclic) bond motifs is 1. The zero-order chi connectivity index (χ0) is 12.5. The lowest BCUT2D eigenvalue weighted by Gasteiger charge is -2.34. The Labute approximate surface area is 110 Å². The van der Waals surface area contributed by atoms with E-state index < -0.39 is 0 Å². The van der Waals surface area contributed by atoms with Crippen molar-refractivity contribution < 1.29 is 0 Å². The average Bonchev–Trinajstić information content (AvgIpc) is 2.88. The van der Waals surface area contributed by atoms with Crippen molar-refractivity contribution >= 4 is 23.0 Å². The lowest BCUT2D eigenvalue weighted by Crippen LogP contribution is -2.33. The molecule has 1 aliphatic heterocycles. The minimum atomic E-state index is 0.375. The first-order valence-electron chi connectivity index (χ1n) is 6.06. The highest BCUT2D eigenvalue weighted by atomic mass is 32.1. The molecule has 18 heavy (non-hydrogen) atoms. The van der Waals surface area contributed by atoms with E-state index in [1.165, 1.54) is 10.4 Å². The first kappa shape index (κ1) is 11.5. The van der Waals surface area contributed by atoms with Crippen molar-refractivity contribution in [1.82, 2.24) is 4.98 Å². The molecular weight excluding hydrogens is 244 g/mol. The number of nitrogen functional groups attached to an aromatic ring is 1. The Morgan fingerprint density at radius 1 is 1.44 bits per heavy atom. The van der Waals surface area contributed by atoms with E-state index in [2.05, 4.69) is 33.7 Å². The van der Waals surface area contributed by atoms with Crippen molar-refractivity contribution in [3.63, 3.8) is 0 Å². The van der Waals surface area contributed by atoms with Gasteiger partial charge in [0.25, 0.3) is 0 Å². The molecular formula is C13H16N4S. The Morgan fingerprint density at radius 2 is 2.33 bits per heavy atom. The van der Waals surface area contributed by atoms with Crippen molar-refractivity contribution in [2.45, 2.75) is 19.4 Å². The van der Waals surface area contributed by atoms with Crippen LogP contribution in [-0.4, -0.2) is 11.5 Å². The molecule has 1 atom stereocenters. The monoisotopic (exact) mass is 260 g/mol. The normalized spacial score (nSPS) is 18.6. The van der Waals surface area contributed by atoms with Crippen molar-refractivity contribution in [2.75, 3.05) is 16.9 Å². The van der Waals surface area contributed by atoms with Gasteiger partial charge in [-0.1, -0.05) is 6.07 Å². The Balaban J connectivity index is 1.94. The van der Waals surface area contributed by atoms with Gasteiger partial charge in [-0.3, -0.25) is 0 Å². The maximum Gasteiger partial charge on any atom is 0.142 e. The number of hydrogen-bond acceptors (Lipinski definition) is 5. The van der Waals surface area contributed by atoms with Crippen LogP contribution in [0.25, 0.3) is 0 Å². The van der Waals surface area contributed by atoms with Crippen LogP contribution in [0.5, 0.6) is 0 Å². The van der Waals surface area contributed by atoms with Crippen LogP contribution in [0.2, 0.25) is 0 Å². The van der Waals surface area contributed by atoms with Gasteiger partial charge in [0.05, 0.1) is 6.04 Å². The van der Waals surface area contributed by atoms with Crippen molar-refractivity contribution in [3.05, 3.63) is 40.1 Å². The molecule has 2 aromatic rings. The molecule has 3 heterocycles. The largest absolute Gasteiger partial charge is 0.349 e. The lowest BCUT2D eigenvalue weighted by molar-refractivity contribution is 0.625. The van der Waals surface area contributed by atoms with Crippen LogP contribution >= 0.6 is 11.3 Å². The van der Waals surface area contributed by atoms with E-state index in [0.29, 0.717) is 11.9 Å². The Bertz CT molecular complexity index is 551. The number of hydrogen-bond donors (Lipinski definition) is 2. The van der Waals surface area contributed by atoms with Crippen LogP contribution in [0.4, 0.5) is 11.6 Å². The zero-order valence-corrected chi connectivity index (χ0v) is 11.1. The molecule has 2 aromatic heterocycles. The molecule has 0 bridgehead atoms. The maximum atomic E-state index is 5.41. The molecule has 0 fully saturated rings. The summed E-state index contributed by atoms with van der Waals surface area (Å²) in [5.74, 6) is 7.10. The number of nitrogens with two attached hydrogens (primary N) is 1. The van der Waals surface area contributed by atoms with Crippen molar-refractivity contribution in [2.24, 2.45) is 5.84 Å². The second-order valence-corrected chi connectivity index (χ2v) is 5.44. The van der Waals surface area contributed by atoms with Gasteiger partial charge < -0.3 is 10.3 Å². The SMILES string of the molecule is CC1c2ccsc2CCN1c1cccc(NN)n1. The van der Waals surface area contributed by atoms with Crippen molar-refractivity contribution in [3.8, 4) is 0 Å². The fraction of sp³-hybridized carbons (Fsp3) is 0.308. The standard InChI is InChI=1S/C13H16N4S/c1-9-10-6-8-18-11(10)5-7-17(9)13-4-2-3-12(15-13)16-14/h2-4,6,8-9H,5,7,14H2,1H3,(H,15,16). The number of rotatable bonds is 2. The molecule has 0 aliphatic carbocycles. The van der Waals surface area contributed by atoms with Gasteiger partial charge in [0, 0.05) is 11.4 Å². The molecule has 1 unspecified atom stereocenters. The molecule has 4 nitrogen and oxygen atoms in total. The molecule has 0 amide bonds. The van der Waals surface area contributed by atoms with Gasteiger partial charge in [-0.2, -0.15) is 0 Å². The first-order valence-corrected chi connectivity index (χ1v) is 6.94. The Morgan fingerprint density at radius 3 is 3.17 bits per heavy atom. The highest BCUT2D eigenvalue weighted by Crippen LogP contribution is 2.35. The van der Waals surface area contributed by atoms with Crippen LogP contribution < -0.4 is 16.2 Å². The summed E-state index contributed by atoms with van der Waals surface area (Å²) >= 11 is 1.85. The molecule has 3 rings (SSSR count). The molecule has 94 valence electrons. The number of anilines is 2. The summed E-state index contributed by atoms with van der Waals surface area (Å²) in [6.45, 7) is 3.24. The highest BCUT2D eigenvalue weighted by molar-refractivity contribution is 7.10. The second-order valence-electron chi connectivity index (χ2n) is 4.44. The van der Waals surface area contributed by atoms with Crippen LogP contribution in [0, 0.1) is 0 Å². The van der Waals surface area contributed by atoms with Crippen molar-refractivity contribution in [1.29, 1.82) is 0 Å². The van der Waals surface area contributed by atoms with E-state index >= 15 is 0 Å². The molecule has 0 radical (unpaired) electrons. The van der Waals surface area contributed by atoms with Gasteiger partial charge >= 0.3 is 0 Å². The quantitative estimate of drug-likeness (QED) is 0.643. The van der Waals surface area contributed by atoms with Crippen LogP contribution in [0.1, 0.15) is 23.4 Å². The summed E-state index contributed by atoms with van der Waals surface area (Å²) in [7, 11) is 0. The predicted molar refractivity (Wildman–Crippen MR) is 75.8 cm³/mol. The fourth-order valence-electron chi connectivity index (χ4n) is 2.49. The number of hydrazine groups is 1. The van der Waals surface area contributed by atoms with Gasteiger partial charge in [0.1, 0.15) is 11.6 Å². The minimum absolute atomic E-state index is 0.375. The lowest BCUT2D eigenvalue weighted by atomic mass is 10.0. The third-order valence-electron chi connectivity index (χ3n) is 3.45. The fourth-order valence-corrected chi connectivity index (χ4v) is 3.45. The molecule has 0 aromatic carbocycles. The summed E-state index contributed by atoms with van der Waals surface area (Å²) in [4.78, 5) is 8.35. The molecule has 3 N–H and O–H groups in total. The maximum absolute atomic E-state index is 5.41. The number of pyridine rings is 1. The summed E-state index contributed by atoms with van der Waals surface area (Å²) in [6, 6.07) is 8.48. The minimum Gasteiger partial charge on any atom is -0.349 e. The molecule has 1 aliphatic rings. The second kappa shape index (κ2) is 4.59. The van der Waals surface area contributed by atoms with Gasteiger partial charge in [-0.05, 0) is 42.5 Å². The topological polar surface area (TPSA) is 54.2 Å². The molecule has 0 saturated carbocycles. The molecule has 0 saturated heterocycles. The molecule has 5 heteroatoms. The summed E-state index contributed by atoms with van der Waals surface area (Å²) in [6.07, 6.45) is 1.10. The van der Waals surface area contributed by atoms with E-state index in [4.69, 9.17) is 5.84 Å². The third kappa shape index (κ3) is 1.85.